The Morgan fingerprint density at radius 3 is 2.12 bits per heavy atom. The van der Waals surface area contributed by atoms with Crippen LogP contribution in [0.5, 0.6) is 0 Å². The van der Waals surface area contributed by atoms with Gasteiger partial charge < -0.3 is 14.8 Å². The quantitative estimate of drug-likeness (QED) is 0.188. The van der Waals surface area contributed by atoms with Crippen molar-refractivity contribution in [2.24, 2.45) is 0 Å². The summed E-state index contributed by atoms with van der Waals surface area (Å²) in [6.07, 6.45) is 0. The van der Waals surface area contributed by atoms with Gasteiger partial charge in [0, 0.05) is 12.6 Å². The Hall–Kier alpha value is -3.13. The molecule has 0 atom stereocenters. The number of ether oxygens (including phenoxy) is 2. The van der Waals surface area contributed by atoms with E-state index in [1.54, 1.807) is 12.1 Å². The summed E-state index contributed by atoms with van der Waals surface area (Å²) in [4.78, 5) is 20.5. The average Bonchev–Trinajstić information content (AvgIpc) is 2.75. The number of nitrogens with zero attached hydrogens (tertiary/aromatic N) is 2. The largest absolute Gasteiger partial charge is 0.377 e. The molecule has 0 spiro atoms. The summed E-state index contributed by atoms with van der Waals surface area (Å²) in [5, 5.41) is 24.6. The first kappa shape index (κ1) is 25.1. The number of nitro benzene ring substituents is 2. The van der Waals surface area contributed by atoms with E-state index >= 15 is 0 Å². The van der Waals surface area contributed by atoms with E-state index < -0.39 is 25.7 Å². The molecule has 0 heterocycles. The molecule has 13 heteroatoms. The number of nitrogens with one attached hydrogen (secondary N) is 1. The van der Waals surface area contributed by atoms with Crippen molar-refractivity contribution in [2.75, 3.05) is 44.9 Å². The number of hydrogen-bond donors (Lipinski definition) is 1. The van der Waals surface area contributed by atoms with Crippen LogP contribution in [0.3, 0.4) is 0 Å². The van der Waals surface area contributed by atoms with Crippen LogP contribution in [-0.2, 0) is 23.8 Å². The highest BCUT2D eigenvalue weighted by Gasteiger charge is 2.19. The summed E-state index contributed by atoms with van der Waals surface area (Å²) >= 11 is 0. The lowest BCUT2D eigenvalue weighted by Crippen LogP contribution is -2.15. The first-order valence-electron chi connectivity index (χ1n) is 9.49. The maximum Gasteiger partial charge on any atom is 0.299 e. The molecule has 0 aliphatic rings. The van der Waals surface area contributed by atoms with Crippen molar-refractivity contribution in [3.8, 4) is 0 Å². The summed E-state index contributed by atoms with van der Waals surface area (Å²) in [6.45, 7) is 2.62. The van der Waals surface area contributed by atoms with Gasteiger partial charge in [0.05, 0.1) is 53.8 Å². The molecule has 1 N–H and O–H groups in total. The van der Waals surface area contributed by atoms with Gasteiger partial charge in [0.25, 0.3) is 21.5 Å². The lowest BCUT2D eigenvalue weighted by atomic mass is 10.2. The van der Waals surface area contributed by atoms with E-state index in [-0.39, 0.29) is 55.8 Å². The van der Waals surface area contributed by atoms with Gasteiger partial charge in [-0.05, 0) is 25.1 Å². The van der Waals surface area contributed by atoms with Crippen molar-refractivity contribution in [1.29, 1.82) is 0 Å². The van der Waals surface area contributed by atoms with Gasteiger partial charge in [-0.2, -0.15) is 8.42 Å². The summed E-state index contributed by atoms with van der Waals surface area (Å²) in [7, 11) is -3.83. The van der Waals surface area contributed by atoms with Crippen molar-refractivity contribution >= 4 is 27.2 Å². The normalized spacial score (nSPS) is 11.3. The molecule has 32 heavy (non-hydrogen) atoms. The zero-order valence-corrected chi connectivity index (χ0v) is 18.1. The molecule has 0 aromatic heterocycles. The van der Waals surface area contributed by atoms with E-state index in [9.17, 15) is 28.6 Å². The van der Waals surface area contributed by atoms with Crippen molar-refractivity contribution in [3.05, 3.63) is 68.3 Å². The van der Waals surface area contributed by atoms with Gasteiger partial charge in [-0.3, -0.25) is 24.4 Å². The van der Waals surface area contributed by atoms with Gasteiger partial charge in [-0.15, -0.1) is 0 Å². The lowest BCUT2D eigenvalue weighted by molar-refractivity contribution is -0.393. The monoisotopic (exact) mass is 469 g/mol. The number of aryl methyl sites for hydroxylation is 1. The molecule has 2 aromatic carbocycles. The fourth-order valence-electron chi connectivity index (χ4n) is 2.49. The minimum absolute atomic E-state index is 0.0572. The molecule has 0 aliphatic heterocycles. The van der Waals surface area contributed by atoms with Gasteiger partial charge in [0.1, 0.15) is 5.69 Å². The first-order chi connectivity index (χ1) is 15.2. The van der Waals surface area contributed by atoms with E-state index in [1.807, 2.05) is 6.92 Å². The lowest BCUT2D eigenvalue weighted by Gasteiger charge is -2.09. The molecule has 12 nitrogen and oxygen atoms in total. The Labute approximate surface area is 184 Å². The van der Waals surface area contributed by atoms with Crippen LogP contribution in [-0.4, -0.2) is 57.8 Å². The molecule has 0 saturated heterocycles. The van der Waals surface area contributed by atoms with Crippen molar-refractivity contribution in [2.45, 2.75) is 11.8 Å². The van der Waals surface area contributed by atoms with Crippen LogP contribution >= 0.6 is 0 Å². The molecule has 0 radical (unpaired) electrons. The van der Waals surface area contributed by atoms with Gasteiger partial charge in [-0.1, -0.05) is 17.7 Å². The second kappa shape index (κ2) is 12.0. The molecule has 0 unspecified atom stereocenters. The predicted molar refractivity (Wildman–Crippen MR) is 114 cm³/mol. The molecule has 0 saturated carbocycles. The Bertz CT molecular complexity index is 1030. The third-order valence-electron chi connectivity index (χ3n) is 4.10. The summed E-state index contributed by atoms with van der Waals surface area (Å²) in [6, 6.07) is 9.63. The molecule has 0 fully saturated rings. The number of nitro groups is 2. The fourth-order valence-corrected chi connectivity index (χ4v) is 3.38. The Balaban J connectivity index is 1.60. The van der Waals surface area contributed by atoms with Crippen LogP contribution in [0.1, 0.15) is 5.56 Å². The number of benzene rings is 2. The van der Waals surface area contributed by atoms with E-state index in [1.165, 1.54) is 24.3 Å². The smallest absolute Gasteiger partial charge is 0.299 e. The van der Waals surface area contributed by atoms with Crippen LogP contribution < -0.4 is 5.32 Å². The van der Waals surface area contributed by atoms with Gasteiger partial charge in [-0.25, -0.2) is 0 Å². The zero-order chi connectivity index (χ0) is 23.6. The minimum Gasteiger partial charge on any atom is -0.377 e. The van der Waals surface area contributed by atoms with Crippen molar-refractivity contribution in [1.82, 2.24) is 0 Å². The summed E-state index contributed by atoms with van der Waals surface area (Å²) in [5.41, 5.74) is 0.315. The average molecular weight is 469 g/mol. The number of hydrogen-bond acceptors (Lipinski definition) is 10. The predicted octanol–water partition coefficient (Wildman–Crippen LogP) is 2.66. The van der Waals surface area contributed by atoms with Crippen LogP contribution in [0.2, 0.25) is 0 Å². The highest BCUT2D eigenvalue weighted by molar-refractivity contribution is 7.86. The van der Waals surface area contributed by atoms with Crippen LogP contribution in [0.25, 0.3) is 0 Å². The van der Waals surface area contributed by atoms with Crippen molar-refractivity contribution < 1.29 is 31.9 Å². The van der Waals surface area contributed by atoms with E-state index in [0.717, 1.165) is 11.6 Å². The standard InChI is InChI=1S/C19H23N3O9S/c1-15-2-5-17(6-3-15)32(27,28)31-13-12-30-11-10-29-9-8-20-18-7-4-16(21(23)24)14-19(18)22(25)26/h2-7,14,20H,8-13H2,1H3. The van der Waals surface area contributed by atoms with Gasteiger partial charge in [0.2, 0.25) is 0 Å². The highest BCUT2D eigenvalue weighted by atomic mass is 32.2. The first-order valence-corrected chi connectivity index (χ1v) is 10.9. The second-order valence-corrected chi connectivity index (χ2v) is 8.07. The summed E-state index contributed by atoms with van der Waals surface area (Å²) in [5.74, 6) is 0. The molecule has 0 amide bonds. The fraction of sp³-hybridized carbons (Fsp3) is 0.368. The summed E-state index contributed by atoms with van der Waals surface area (Å²) < 4.78 is 39.5. The van der Waals surface area contributed by atoms with Crippen LogP contribution in [0, 0.1) is 27.2 Å². The molecule has 2 aromatic rings. The van der Waals surface area contributed by atoms with E-state index in [2.05, 4.69) is 5.32 Å². The maximum absolute atomic E-state index is 12.0. The third-order valence-corrected chi connectivity index (χ3v) is 5.42. The van der Waals surface area contributed by atoms with Gasteiger partial charge in [0.15, 0.2) is 0 Å². The van der Waals surface area contributed by atoms with Gasteiger partial charge >= 0.3 is 0 Å². The Kier molecular flexibility index (Phi) is 9.46. The Morgan fingerprint density at radius 1 is 0.875 bits per heavy atom. The third kappa shape index (κ3) is 7.85. The number of non-ortho nitro benzene ring substituents is 1. The SMILES string of the molecule is Cc1ccc(S(=O)(=O)OCCOCCOCCNc2ccc([N+](=O)[O-])cc2[N+](=O)[O-])cc1. The molecule has 0 aliphatic carbocycles. The van der Waals surface area contributed by atoms with E-state index in [0.29, 0.717) is 0 Å². The molecule has 0 bridgehead atoms. The Morgan fingerprint density at radius 2 is 1.50 bits per heavy atom. The molecular weight excluding hydrogens is 446 g/mol. The number of rotatable bonds is 14. The van der Waals surface area contributed by atoms with Crippen LogP contribution in [0.15, 0.2) is 47.4 Å². The molecular formula is C19H23N3O9S. The maximum atomic E-state index is 12.0. The zero-order valence-electron chi connectivity index (χ0n) is 17.3. The number of anilines is 1. The minimum atomic E-state index is -3.83. The topological polar surface area (TPSA) is 160 Å². The molecule has 174 valence electrons. The molecule has 2 rings (SSSR count). The second-order valence-electron chi connectivity index (χ2n) is 6.46. The van der Waals surface area contributed by atoms with E-state index in [4.69, 9.17) is 13.7 Å². The van der Waals surface area contributed by atoms with Crippen LogP contribution in [0.4, 0.5) is 17.1 Å². The highest BCUT2D eigenvalue weighted by Crippen LogP contribution is 2.28. The van der Waals surface area contributed by atoms with Crippen molar-refractivity contribution in [3.63, 3.8) is 0 Å².